The molecule has 8 heteroatoms. The van der Waals surface area contributed by atoms with Gasteiger partial charge in [0.2, 0.25) is 5.82 Å². The minimum atomic E-state index is -0.758. The molecular formula is C11H15Cl2N5O. The number of rotatable bonds is 5. The topological polar surface area (TPSA) is 75.9 Å². The lowest BCUT2D eigenvalue weighted by molar-refractivity contribution is 0.164. The quantitative estimate of drug-likeness (QED) is 0.865. The van der Waals surface area contributed by atoms with Crippen LogP contribution >= 0.6 is 24.0 Å². The third kappa shape index (κ3) is 4.76. The SMILES string of the molecule is Cl.Cn1nnc(C(O)CNCc2ccc(Cl)cc2)n1. The van der Waals surface area contributed by atoms with Gasteiger partial charge in [-0.05, 0) is 22.9 Å². The number of hydrogen-bond donors (Lipinski definition) is 2. The van der Waals surface area contributed by atoms with E-state index in [1.807, 2.05) is 24.3 Å². The first-order chi connectivity index (χ1) is 8.65. The van der Waals surface area contributed by atoms with Crippen LogP contribution in [0.3, 0.4) is 0 Å². The van der Waals surface area contributed by atoms with Crippen LogP contribution in [0.15, 0.2) is 24.3 Å². The summed E-state index contributed by atoms with van der Waals surface area (Å²) in [4.78, 5) is 1.32. The molecule has 6 nitrogen and oxygen atoms in total. The molecule has 0 aliphatic rings. The van der Waals surface area contributed by atoms with Crippen LogP contribution < -0.4 is 5.32 Å². The number of nitrogens with one attached hydrogen (secondary N) is 1. The predicted molar refractivity (Wildman–Crippen MR) is 74.2 cm³/mol. The first kappa shape index (κ1) is 15.8. The highest BCUT2D eigenvalue weighted by atomic mass is 35.5. The Bertz CT molecular complexity index is 502. The van der Waals surface area contributed by atoms with Crippen LogP contribution in [-0.4, -0.2) is 31.9 Å². The van der Waals surface area contributed by atoms with Crippen molar-refractivity contribution in [3.8, 4) is 0 Å². The molecule has 2 aromatic rings. The number of aliphatic hydroxyl groups excluding tert-OH is 1. The standard InChI is InChI=1S/C11H14ClN5O.ClH/c1-17-15-11(14-16-17)10(18)7-13-6-8-2-4-9(12)5-3-8;/h2-5,10,13,18H,6-7H2,1H3;1H. The number of benzene rings is 1. The number of tetrazole rings is 1. The maximum Gasteiger partial charge on any atom is 0.204 e. The van der Waals surface area contributed by atoms with Crippen LogP contribution in [0.5, 0.6) is 0 Å². The highest BCUT2D eigenvalue weighted by Gasteiger charge is 2.12. The molecule has 1 atom stereocenters. The molecule has 0 saturated heterocycles. The van der Waals surface area contributed by atoms with Crippen LogP contribution in [0.4, 0.5) is 0 Å². The molecule has 0 bridgehead atoms. The van der Waals surface area contributed by atoms with Gasteiger partial charge in [-0.25, -0.2) is 0 Å². The van der Waals surface area contributed by atoms with E-state index in [0.29, 0.717) is 23.9 Å². The van der Waals surface area contributed by atoms with Crippen LogP contribution in [0.2, 0.25) is 5.02 Å². The van der Waals surface area contributed by atoms with Crippen molar-refractivity contribution < 1.29 is 5.11 Å². The number of aliphatic hydroxyl groups is 1. The van der Waals surface area contributed by atoms with Crippen molar-refractivity contribution in [2.24, 2.45) is 7.05 Å². The lowest BCUT2D eigenvalue weighted by Crippen LogP contribution is -2.21. The van der Waals surface area contributed by atoms with E-state index in [-0.39, 0.29) is 12.4 Å². The normalized spacial score (nSPS) is 11.9. The van der Waals surface area contributed by atoms with Gasteiger partial charge in [-0.1, -0.05) is 23.7 Å². The largest absolute Gasteiger partial charge is 0.384 e. The van der Waals surface area contributed by atoms with Gasteiger partial charge < -0.3 is 10.4 Å². The second-order valence-electron chi connectivity index (χ2n) is 3.91. The van der Waals surface area contributed by atoms with Crippen molar-refractivity contribution in [1.82, 2.24) is 25.5 Å². The van der Waals surface area contributed by atoms with E-state index in [2.05, 4.69) is 20.7 Å². The van der Waals surface area contributed by atoms with E-state index >= 15 is 0 Å². The molecule has 1 aromatic carbocycles. The number of aromatic nitrogens is 4. The van der Waals surface area contributed by atoms with Gasteiger partial charge in [-0.2, -0.15) is 4.80 Å². The van der Waals surface area contributed by atoms with E-state index in [0.717, 1.165) is 5.56 Å². The Kier molecular flexibility index (Phi) is 6.17. The molecule has 0 spiro atoms. The van der Waals surface area contributed by atoms with Crippen LogP contribution in [0.25, 0.3) is 0 Å². The summed E-state index contributed by atoms with van der Waals surface area (Å²) in [5, 5.41) is 25.0. The second kappa shape index (κ2) is 7.40. The van der Waals surface area contributed by atoms with Crippen molar-refractivity contribution in [2.45, 2.75) is 12.6 Å². The Balaban J connectivity index is 0.00000180. The van der Waals surface area contributed by atoms with Crippen molar-refractivity contribution in [1.29, 1.82) is 0 Å². The van der Waals surface area contributed by atoms with Crippen LogP contribution in [0.1, 0.15) is 17.5 Å². The Morgan fingerprint density at radius 2 is 2.05 bits per heavy atom. The Hall–Kier alpha value is -1.21. The van der Waals surface area contributed by atoms with E-state index in [9.17, 15) is 5.11 Å². The minimum Gasteiger partial charge on any atom is -0.384 e. The predicted octanol–water partition coefficient (Wildman–Crippen LogP) is 1.11. The fourth-order valence-corrected chi connectivity index (χ4v) is 1.60. The zero-order chi connectivity index (χ0) is 13.0. The van der Waals surface area contributed by atoms with Gasteiger partial charge in [0, 0.05) is 18.1 Å². The average Bonchev–Trinajstić information content (AvgIpc) is 2.78. The summed E-state index contributed by atoms with van der Waals surface area (Å²) < 4.78 is 0. The molecule has 1 heterocycles. The summed E-state index contributed by atoms with van der Waals surface area (Å²) in [6.45, 7) is 1.02. The van der Waals surface area contributed by atoms with Gasteiger partial charge in [0.05, 0.1) is 7.05 Å². The number of aryl methyl sites for hydroxylation is 1. The summed E-state index contributed by atoms with van der Waals surface area (Å²) >= 11 is 5.79. The summed E-state index contributed by atoms with van der Waals surface area (Å²) in [6, 6.07) is 7.53. The molecule has 104 valence electrons. The highest BCUT2D eigenvalue weighted by Crippen LogP contribution is 2.09. The van der Waals surface area contributed by atoms with Gasteiger partial charge in [-0.15, -0.1) is 22.6 Å². The summed E-state index contributed by atoms with van der Waals surface area (Å²) in [5.41, 5.74) is 1.10. The van der Waals surface area contributed by atoms with Crippen molar-refractivity contribution in [3.05, 3.63) is 40.7 Å². The summed E-state index contributed by atoms with van der Waals surface area (Å²) in [7, 11) is 1.66. The third-order valence-electron chi connectivity index (χ3n) is 2.40. The van der Waals surface area contributed by atoms with Gasteiger partial charge in [0.25, 0.3) is 0 Å². The molecule has 2 N–H and O–H groups in total. The smallest absolute Gasteiger partial charge is 0.204 e. The Morgan fingerprint density at radius 3 is 2.63 bits per heavy atom. The fourth-order valence-electron chi connectivity index (χ4n) is 1.48. The van der Waals surface area contributed by atoms with E-state index < -0.39 is 6.10 Å². The molecule has 1 unspecified atom stereocenters. The highest BCUT2D eigenvalue weighted by molar-refractivity contribution is 6.30. The monoisotopic (exact) mass is 303 g/mol. The number of halogens is 2. The van der Waals surface area contributed by atoms with Crippen molar-refractivity contribution in [2.75, 3.05) is 6.54 Å². The zero-order valence-electron chi connectivity index (χ0n) is 10.3. The van der Waals surface area contributed by atoms with E-state index in [1.165, 1.54) is 4.80 Å². The molecule has 0 radical (unpaired) electrons. The summed E-state index contributed by atoms with van der Waals surface area (Å²) in [5.74, 6) is 0.320. The fraction of sp³-hybridized carbons (Fsp3) is 0.364. The molecule has 2 rings (SSSR count). The van der Waals surface area contributed by atoms with Gasteiger partial charge in [0.15, 0.2) is 0 Å². The van der Waals surface area contributed by atoms with Gasteiger partial charge in [0.1, 0.15) is 6.10 Å². The molecule has 0 aliphatic heterocycles. The molecule has 0 saturated carbocycles. The minimum absolute atomic E-state index is 0. The number of hydrogen-bond acceptors (Lipinski definition) is 5. The van der Waals surface area contributed by atoms with E-state index in [1.54, 1.807) is 7.05 Å². The summed E-state index contributed by atoms with van der Waals surface area (Å²) in [6.07, 6.45) is -0.758. The molecule has 1 aromatic heterocycles. The second-order valence-corrected chi connectivity index (χ2v) is 4.35. The van der Waals surface area contributed by atoms with Crippen LogP contribution in [0, 0.1) is 0 Å². The lowest BCUT2D eigenvalue weighted by atomic mass is 10.2. The molecule has 19 heavy (non-hydrogen) atoms. The molecule has 0 fully saturated rings. The van der Waals surface area contributed by atoms with Crippen molar-refractivity contribution in [3.63, 3.8) is 0 Å². The third-order valence-corrected chi connectivity index (χ3v) is 2.65. The first-order valence-electron chi connectivity index (χ1n) is 5.52. The first-order valence-corrected chi connectivity index (χ1v) is 5.90. The number of nitrogens with zero attached hydrogens (tertiary/aromatic N) is 4. The molecule has 0 aliphatic carbocycles. The Morgan fingerprint density at radius 1 is 1.37 bits per heavy atom. The zero-order valence-corrected chi connectivity index (χ0v) is 11.9. The maximum atomic E-state index is 9.79. The average molecular weight is 304 g/mol. The molecular weight excluding hydrogens is 289 g/mol. The van der Waals surface area contributed by atoms with Gasteiger partial charge >= 0.3 is 0 Å². The molecule has 0 amide bonds. The van der Waals surface area contributed by atoms with E-state index in [4.69, 9.17) is 11.6 Å². The van der Waals surface area contributed by atoms with Crippen LogP contribution in [-0.2, 0) is 13.6 Å². The van der Waals surface area contributed by atoms with Gasteiger partial charge in [-0.3, -0.25) is 0 Å². The van der Waals surface area contributed by atoms with Crippen molar-refractivity contribution >= 4 is 24.0 Å². The maximum absolute atomic E-state index is 9.79. The Labute approximate surface area is 122 Å². The lowest BCUT2D eigenvalue weighted by Gasteiger charge is -2.08.